The van der Waals surface area contributed by atoms with E-state index in [0.29, 0.717) is 13.1 Å². The number of hydrogen-bond donors (Lipinski definition) is 2. The zero-order valence-electron chi connectivity index (χ0n) is 11.6. The Hall–Kier alpha value is -2.11. The molecular weight excluding hydrogens is 263 g/mol. The van der Waals surface area contributed by atoms with Crippen LogP contribution in [0.5, 0.6) is 0 Å². The molecule has 0 aliphatic heterocycles. The Kier molecular flexibility index (Phi) is 5.96. The van der Waals surface area contributed by atoms with Crippen molar-refractivity contribution in [3.63, 3.8) is 0 Å². The Morgan fingerprint density at radius 1 is 1.35 bits per heavy atom. The zero-order valence-corrected chi connectivity index (χ0v) is 11.6. The summed E-state index contributed by atoms with van der Waals surface area (Å²) in [6.07, 6.45) is 1.83. The van der Waals surface area contributed by atoms with E-state index in [1.54, 1.807) is 4.90 Å². The van der Waals surface area contributed by atoms with Gasteiger partial charge in [0.05, 0.1) is 11.3 Å². The van der Waals surface area contributed by atoms with Crippen molar-refractivity contribution in [3.8, 4) is 0 Å². The van der Waals surface area contributed by atoms with Gasteiger partial charge in [-0.1, -0.05) is 13.3 Å². The molecule has 0 aliphatic carbocycles. The molecule has 0 heterocycles. The number of rotatable bonds is 6. The van der Waals surface area contributed by atoms with Crippen molar-refractivity contribution < 1.29 is 19.1 Å². The van der Waals surface area contributed by atoms with E-state index in [2.05, 4.69) is 5.32 Å². The van der Waals surface area contributed by atoms with E-state index in [-0.39, 0.29) is 17.3 Å². The Bertz CT molecular complexity index is 491. The van der Waals surface area contributed by atoms with Crippen LogP contribution in [0.3, 0.4) is 0 Å². The van der Waals surface area contributed by atoms with Crippen LogP contribution in [-0.2, 0) is 0 Å². The maximum atomic E-state index is 13.0. The molecule has 0 spiro atoms. The van der Waals surface area contributed by atoms with Crippen LogP contribution in [0.2, 0.25) is 0 Å². The molecule has 6 heteroatoms. The molecule has 0 saturated carbocycles. The minimum absolute atomic E-state index is 0.0962. The fourth-order valence-electron chi connectivity index (χ4n) is 1.75. The number of nitrogens with zero attached hydrogens (tertiary/aromatic N) is 1. The summed E-state index contributed by atoms with van der Waals surface area (Å²) in [6, 6.07) is 2.88. The molecule has 0 fully saturated rings. The summed E-state index contributed by atoms with van der Waals surface area (Å²) < 4.78 is 13.0. The highest BCUT2D eigenvalue weighted by molar-refractivity contribution is 6.00. The minimum atomic E-state index is -1.28. The fraction of sp³-hybridized carbons (Fsp3) is 0.429. The highest BCUT2D eigenvalue weighted by Gasteiger charge is 2.16. The molecule has 0 bridgehead atoms. The Labute approximate surface area is 117 Å². The lowest BCUT2D eigenvalue weighted by atomic mass is 10.1. The summed E-state index contributed by atoms with van der Waals surface area (Å²) >= 11 is 0. The Morgan fingerprint density at radius 2 is 2.05 bits per heavy atom. The number of halogens is 1. The monoisotopic (exact) mass is 282 g/mol. The number of carbonyl (C=O) groups is 2. The van der Waals surface area contributed by atoms with E-state index < -0.39 is 11.8 Å². The van der Waals surface area contributed by atoms with Crippen molar-refractivity contribution in [2.75, 3.05) is 18.4 Å². The van der Waals surface area contributed by atoms with Crippen LogP contribution in [0.4, 0.5) is 14.9 Å². The fourth-order valence-corrected chi connectivity index (χ4v) is 1.75. The molecule has 0 saturated heterocycles. The average molecular weight is 282 g/mol. The van der Waals surface area contributed by atoms with Gasteiger partial charge in [0.2, 0.25) is 0 Å². The van der Waals surface area contributed by atoms with Crippen LogP contribution < -0.4 is 5.32 Å². The van der Waals surface area contributed by atoms with Gasteiger partial charge in [0, 0.05) is 13.1 Å². The smallest absolute Gasteiger partial charge is 0.337 e. The van der Waals surface area contributed by atoms with Crippen LogP contribution in [0.25, 0.3) is 0 Å². The van der Waals surface area contributed by atoms with E-state index in [1.165, 1.54) is 6.07 Å². The largest absolute Gasteiger partial charge is 0.478 e. The molecular formula is C14H19FN2O3. The van der Waals surface area contributed by atoms with E-state index in [4.69, 9.17) is 5.11 Å². The van der Waals surface area contributed by atoms with Gasteiger partial charge < -0.3 is 15.3 Å². The Morgan fingerprint density at radius 3 is 2.60 bits per heavy atom. The maximum Gasteiger partial charge on any atom is 0.337 e. The first-order valence-corrected chi connectivity index (χ1v) is 6.58. The van der Waals surface area contributed by atoms with Crippen molar-refractivity contribution in [2.24, 2.45) is 0 Å². The van der Waals surface area contributed by atoms with Gasteiger partial charge in [-0.25, -0.2) is 14.0 Å². The number of unbranched alkanes of at least 4 members (excludes halogenated alkanes) is 1. The van der Waals surface area contributed by atoms with Crippen LogP contribution in [0.15, 0.2) is 18.2 Å². The summed E-state index contributed by atoms with van der Waals surface area (Å²) in [5.41, 5.74) is -0.163. The number of anilines is 1. The predicted molar refractivity (Wildman–Crippen MR) is 74.5 cm³/mol. The van der Waals surface area contributed by atoms with Crippen LogP contribution in [0, 0.1) is 5.82 Å². The molecule has 1 aromatic carbocycles. The second-order valence-electron chi connectivity index (χ2n) is 4.36. The molecule has 0 unspecified atom stereocenters. The van der Waals surface area contributed by atoms with Gasteiger partial charge in [-0.2, -0.15) is 0 Å². The lowest BCUT2D eigenvalue weighted by Gasteiger charge is -2.21. The van der Waals surface area contributed by atoms with Crippen LogP contribution >= 0.6 is 0 Å². The number of aromatic carboxylic acids is 1. The lowest BCUT2D eigenvalue weighted by Crippen LogP contribution is -2.35. The molecule has 0 aromatic heterocycles. The molecule has 110 valence electrons. The van der Waals surface area contributed by atoms with Crippen LogP contribution in [-0.4, -0.2) is 35.1 Å². The second-order valence-corrected chi connectivity index (χ2v) is 4.36. The van der Waals surface area contributed by atoms with Gasteiger partial charge in [0.1, 0.15) is 5.82 Å². The summed E-state index contributed by atoms with van der Waals surface area (Å²) in [6.45, 7) is 4.99. The first-order chi connectivity index (χ1) is 9.49. The van der Waals surface area contributed by atoms with Crippen molar-refractivity contribution in [1.82, 2.24) is 4.90 Å². The van der Waals surface area contributed by atoms with Crippen molar-refractivity contribution in [1.29, 1.82) is 0 Å². The lowest BCUT2D eigenvalue weighted by molar-refractivity contribution is 0.0697. The number of carboxylic acid groups (broad SMARTS) is 1. The minimum Gasteiger partial charge on any atom is -0.478 e. The van der Waals surface area contributed by atoms with Gasteiger partial charge in [0.15, 0.2) is 0 Å². The van der Waals surface area contributed by atoms with E-state index in [9.17, 15) is 14.0 Å². The topological polar surface area (TPSA) is 69.6 Å². The average Bonchev–Trinajstić information content (AvgIpc) is 2.41. The quantitative estimate of drug-likeness (QED) is 0.842. The summed E-state index contributed by atoms with van der Waals surface area (Å²) in [4.78, 5) is 24.7. The van der Waals surface area contributed by atoms with E-state index >= 15 is 0 Å². The van der Waals surface area contributed by atoms with Crippen LogP contribution in [0.1, 0.15) is 37.0 Å². The summed E-state index contributed by atoms with van der Waals surface area (Å²) in [5, 5.41) is 11.5. The van der Waals surface area contributed by atoms with Crippen molar-refractivity contribution in [2.45, 2.75) is 26.7 Å². The molecule has 0 aliphatic rings. The number of carboxylic acids is 1. The molecule has 1 rings (SSSR count). The third-order valence-electron chi connectivity index (χ3n) is 2.90. The van der Waals surface area contributed by atoms with Gasteiger partial charge in [-0.05, 0) is 31.5 Å². The standard InChI is InChI=1S/C14H19FN2O3/c1-3-5-8-17(4-2)14(20)16-12-7-6-10(15)9-11(12)13(18)19/h6-7,9H,3-5,8H2,1-2H3,(H,16,20)(H,18,19). The maximum absolute atomic E-state index is 13.0. The molecule has 1 aromatic rings. The molecule has 2 amide bonds. The number of amides is 2. The third kappa shape index (κ3) is 4.22. The van der Waals surface area contributed by atoms with Crippen molar-refractivity contribution >= 4 is 17.7 Å². The molecule has 2 N–H and O–H groups in total. The zero-order chi connectivity index (χ0) is 15.1. The number of urea groups is 1. The van der Waals surface area contributed by atoms with Gasteiger partial charge in [-0.3, -0.25) is 0 Å². The van der Waals surface area contributed by atoms with Crippen molar-refractivity contribution in [3.05, 3.63) is 29.6 Å². The van der Waals surface area contributed by atoms with E-state index in [0.717, 1.165) is 25.0 Å². The highest BCUT2D eigenvalue weighted by atomic mass is 19.1. The third-order valence-corrected chi connectivity index (χ3v) is 2.90. The molecule has 0 radical (unpaired) electrons. The number of nitrogens with one attached hydrogen (secondary N) is 1. The van der Waals surface area contributed by atoms with Gasteiger partial charge >= 0.3 is 12.0 Å². The Balaban J connectivity index is 2.86. The first kappa shape index (κ1) is 15.9. The normalized spacial score (nSPS) is 10.2. The molecule has 20 heavy (non-hydrogen) atoms. The first-order valence-electron chi connectivity index (χ1n) is 6.58. The van der Waals surface area contributed by atoms with E-state index in [1.807, 2.05) is 13.8 Å². The van der Waals surface area contributed by atoms with Gasteiger partial charge in [-0.15, -0.1) is 0 Å². The summed E-state index contributed by atoms with van der Waals surface area (Å²) in [5.74, 6) is -1.94. The van der Waals surface area contributed by atoms with Gasteiger partial charge in [0.25, 0.3) is 0 Å². The number of benzene rings is 1. The number of carbonyl (C=O) groups excluding carboxylic acids is 1. The molecule has 0 atom stereocenters. The predicted octanol–water partition coefficient (Wildman–Crippen LogP) is 3.18. The molecule has 5 nitrogen and oxygen atoms in total. The SMILES string of the molecule is CCCCN(CC)C(=O)Nc1ccc(F)cc1C(=O)O. The summed E-state index contributed by atoms with van der Waals surface area (Å²) in [7, 11) is 0. The number of hydrogen-bond acceptors (Lipinski definition) is 2. The second kappa shape index (κ2) is 7.47. The highest BCUT2D eigenvalue weighted by Crippen LogP contribution is 2.17.